The quantitative estimate of drug-likeness (QED) is 0.728. The maximum absolute atomic E-state index is 13.3. The molecule has 0 heterocycles. The summed E-state index contributed by atoms with van der Waals surface area (Å²) in [4.78, 5) is 13.3. The summed E-state index contributed by atoms with van der Waals surface area (Å²) in [5, 5.41) is 22.0. The van der Waals surface area contributed by atoms with Gasteiger partial charge in [0.15, 0.2) is 5.78 Å². The van der Waals surface area contributed by atoms with Gasteiger partial charge < -0.3 is 10.2 Å². The third-order valence-corrected chi connectivity index (χ3v) is 9.58. The summed E-state index contributed by atoms with van der Waals surface area (Å²) in [5.74, 6) is 1.34. The Balaban J connectivity index is 1.48. The number of aliphatic hydroxyl groups is 2. The Morgan fingerprint density at radius 1 is 1.03 bits per heavy atom. The highest BCUT2D eigenvalue weighted by Gasteiger charge is 2.67. The molecule has 0 bridgehead atoms. The summed E-state index contributed by atoms with van der Waals surface area (Å²) in [6, 6.07) is 10.0. The van der Waals surface area contributed by atoms with E-state index in [4.69, 9.17) is 0 Å². The number of carbonyl (C=O) groups is 1. The number of ketones is 1. The van der Waals surface area contributed by atoms with Crippen LogP contribution in [0.1, 0.15) is 64.4 Å². The lowest BCUT2D eigenvalue weighted by molar-refractivity contribution is -0.152. The predicted molar refractivity (Wildman–Crippen MR) is 113 cm³/mol. The van der Waals surface area contributed by atoms with E-state index in [0.29, 0.717) is 24.7 Å². The van der Waals surface area contributed by atoms with E-state index in [0.717, 1.165) is 44.1 Å². The first-order valence-corrected chi connectivity index (χ1v) is 11.5. The van der Waals surface area contributed by atoms with Crippen molar-refractivity contribution < 1.29 is 15.0 Å². The molecule has 7 atom stereocenters. The van der Waals surface area contributed by atoms with Crippen LogP contribution in [-0.4, -0.2) is 27.7 Å². The second kappa shape index (κ2) is 6.52. The molecule has 0 saturated heterocycles. The largest absolute Gasteiger partial charge is 0.393 e. The van der Waals surface area contributed by atoms with Gasteiger partial charge in [-0.05, 0) is 67.3 Å². The molecule has 4 aliphatic carbocycles. The summed E-state index contributed by atoms with van der Waals surface area (Å²) in [6.45, 7) is 4.59. The highest BCUT2D eigenvalue weighted by molar-refractivity contribution is 5.91. The van der Waals surface area contributed by atoms with Crippen LogP contribution in [-0.2, 0) is 11.2 Å². The van der Waals surface area contributed by atoms with Crippen molar-refractivity contribution in [2.24, 2.45) is 28.6 Å². The normalized spacial score (nSPS) is 46.5. The van der Waals surface area contributed by atoms with Gasteiger partial charge in [-0.1, -0.05) is 55.8 Å². The summed E-state index contributed by atoms with van der Waals surface area (Å²) in [7, 11) is 0. The van der Waals surface area contributed by atoms with Crippen molar-refractivity contribution in [2.75, 3.05) is 0 Å². The van der Waals surface area contributed by atoms with E-state index in [9.17, 15) is 15.0 Å². The van der Waals surface area contributed by atoms with Gasteiger partial charge in [0.2, 0.25) is 0 Å². The molecule has 0 spiro atoms. The van der Waals surface area contributed by atoms with Crippen LogP contribution in [0, 0.1) is 28.6 Å². The average molecular weight is 395 g/mol. The first-order chi connectivity index (χ1) is 13.8. The van der Waals surface area contributed by atoms with Crippen LogP contribution in [0.5, 0.6) is 0 Å². The van der Waals surface area contributed by atoms with E-state index in [1.807, 2.05) is 30.3 Å². The van der Waals surface area contributed by atoms with Crippen LogP contribution >= 0.6 is 0 Å². The lowest BCUT2D eigenvalue weighted by Gasteiger charge is -2.58. The third-order valence-electron chi connectivity index (χ3n) is 9.58. The standard InChI is InChI=1S/C26H34O3/c1-24-12-10-19(27)14-18(24)8-9-20-21(24)11-13-25(2)22(20)15-23(28)26(25,29)16-17-6-4-3-5-7-17/h3-8,19-22,27,29H,9-16H2,1-2H3/t19-,20+,21-,22-,24-,25-,26+/m0/s1. The van der Waals surface area contributed by atoms with Crippen molar-refractivity contribution in [3.63, 3.8) is 0 Å². The van der Waals surface area contributed by atoms with Crippen LogP contribution in [0.4, 0.5) is 0 Å². The Kier molecular flexibility index (Phi) is 4.39. The topological polar surface area (TPSA) is 57.5 Å². The zero-order valence-corrected chi connectivity index (χ0v) is 17.7. The van der Waals surface area contributed by atoms with Gasteiger partial charge in [-0.2, -0.15) is 0 Å². The Hall–Kier alpha value is -1.45. The molecule has 29 heavy (non-hydrogen) atoms. The van der Waals surface area contributed by atoms with Gasteiger partial charge in [0.25, 0.3) is 0 Å². The fraction of sp³-hybridized carbons (Fsp3) is 0.654. The molecule has 3 heteroatoms. The lowest BCUT2D eigenvalue weighted by Crippen LogP contribution is -2.56. The number of aliphatic hydroxyl groups excluding tert-OH is 1. The number of benzene rings is 1. The summed E-state index contributed by atoms with van der Waals surface area (Å²) < 4.78 is 0. The highest BCUT2D eigenvalue weighted by atomic mass is 16.3. The van der Waals surface area contributed by atoms with E-state index in [1.165, 1.54) is 5.57 Å². The minimum absolute atomic E-state index is 0.0495. The van der Waals surface area contributed by atoms with Crippen LogP contribution < -0.4 is 0 Å². The number of Topliss-reactive ketones (excluding diaryl/α,β-unsaturated/α-hetero) is 1. The molecule has 0 aromatic heterocycles. The molecule has 3 nitrogen and oxygen atoms in total. The third kappa shape index (κ3) is 2.66. The molecule has 4 aliphatic rings. The Morgan fingerprint density at radius 2 is 1.79 bits per heavy atom. The molecular weight excluding hydrogens is 360 g/mol. The molecule has 0 unspecified atom stereocenters. The molecular formula is C26H34O3. The maximum atomic E-state index is 13.3. The van der Waals surface area contributed by atoms with Gasteiger partial charge in [-0.3, -0.25) is 4.79 Å². The van der Waals surface area contributed by atoms with Crippen LogP contribution in [0.25, 0.3) is 0 Å². The fourth-order valence-electron chi connectivity index (χ4n) is 7.73. The van der Waals surface area contributed by atoms with Gasteiger partial charge in [0.05, 0.1) is 6.10 Å². The number of hydrogen-bond acceptors (Lipinski definition) is 3. The minimum atomic E-state index is -1.25. The first-order valence-electron chi connectivity index (χ1n) is 11.5. The molecule has 1 aromatic carbocycles. The second-order valence-corrected chi connectivity index (χ2v) is 10.8. The van der Waals surface area contributed by atoms with E-state index in [1.54, 1.807) is 0 Å². The van der Waals surface area contributed by atoms with Gasteiger partial charge in [0.1, 0.15) is 5.60 Å². The molecule has 0 aliphatic heterocycles. The van der Waals surface area contributed by atoms with Gasteiger partial charge in [-0.25, -0.2) is 0 Å². The lowest BCUT2D eigenvalue weighted by atomic mass is 9.46. The zero-order chi connectivity index (χ0) is 20.4. The van der Waals surface area contributed by atoms with Gasteiger partial charge in [-0.15, -0.1) is 0 Å². The van der Waals surface area contributed by atoms with Crippen LogP contribution in [0.3, 0.4) is 0 Å². The van der Waals surface area contributed by atoms with Crippen LogP contribution in [0.2, 0.25) is 0 Å². The monoisotopic (exact) mass is 394 g/mol. The number of carbonyl (C=O) groups excluding carboxylic acids is 1. The molecule has 3 saturated carbocycles. The van der Waals surface area contributed by atoms with E-state index < -0.39 is 5.60 Å². The molecule has 2 N–H and O–H groups in total. The summed E-state index contributed by atoms with van der Waals surface area (Å²) in [5.41, 5.74) is 1.05. The van der Waals surface area contributed by atoms with Crippen molar-refractivity contribution in [1.29, 1.82) is 0 Å². The Labute approximate surface area is 174 Å². The molecule has 5 rings (SSSR count). The highest BCUT2D eigenvalue weighted by Crippen LogP contribution is 2.66. The first kappa shape index (κ1) is 19.5. The van der Waals surface area contributed by atoms with Gasteiger partial charge in [0, 0.05) is 18.3 Å². The van der Waals surface area contributed by atoms with Crippen molar-refractivity contribution in [1.82, 2.24) is 0 Å². The fourth-order valence-corrected chi connectivity index (χ4v) is 7.73. The Morgan fingerprint density at radius 3 is 2.55 bits per heavy atom. The molecule has 0 amide bonds. The number of rotatable bonds is 2. The minimum Gasteiger partial charge on any atom is -0.393 e. The van der Waals surface area contributed by atoms with Crippen molar-refractivity contribution in [3.05, 3.63) is 47.5 Å². The zero-order valence-electron chi connectivity index (χ0n) is 17.7. The number of hydrogen-bond donors (Lipinski definition) is 2. The number of fused-ring (bicyclic) bond motifs is 5. The van der Waals surface area contributed by atoms with E-state index >= 15 is 0 Å². The molecule has 3 fully saturated rings. The van der Waals surface area contributed by atoms with Gasteiger partial charge >= 0.3 is 0 Å². The van der Waals surface area contributed by atoms with Crippen molar-refractivity contribution in [3.8, 4) is 0 Å². The van der Waals surface area contributed by atoms with Crippen LogP contribution in [0.15, 0.2) is 42.0 Å². The SMILES string of the molecule is C[C@]12CC[C@H](O)CC1=CC[C@@H]1[C@@H]2CC[C@@]2(C)[C@H]1CC(=O)[C@]2(O)Cc1ccccc1. The van der Waals surface area contributed by atoms with Crippen molar-refractivity contribution in [2.45, 2.75) is 76.9 Å². The maximum Gasteiger partial charge on any atom is 0.165 e. The van der Waals surface area contributed by atoms with E-state index in [-0.39, 0.29) is 28.6 Å². The summed E-state index contributed by atoms with van der Waals surface area (Å²) in [6.07, 6.45) is 8.88. The number of allylic oxidation sites excluding steroid dienone is 1. The second-order valence-electron chi connectivity index (χ2n) is 10.8. The molecule has 0 radical (unpaired) electrons. The van der Waals surface area contributed by atoms with E-state index in [2.05, 4.69) is 19.9 Å². The average Bonchev–Trinajstić information content (AvgIpc) is 2.90. The summed E-state index contributed by atoms with van der Waals surface area (Å²) >= 11 is 0. The Bertz CT molecular complexity index is 845. The predicted octanol–water partition coefficient (Wildman–Crippen LogP) is 4.46. The molecule has 156 valence electrons. The smallest absolute Gasteiger partial charge is 0.165 e. The van der Waals surface area contributed by atoms with Crippen molar-refractivity contribution >= 4 is 5.78 Å². The molecule has 1 aromatic rings.